The number of halogens is 1. The molecule has 0 radical (unpaired) electrons. The molecule has 0 amide bonds. The summed E-state index contributed by atoms with van der Waals surface area (Å²) in [6.07, 6.45) is 0. The summed E-state index contributed by atoms with van der Waals surface area (Å²) in [7, 11) is 0. The van der Waals surface area contributed by atoms with Gasteiger partial charge in [-0.25, -0.2) is 0 Å². The molecular formula is C21H19BrO. The summed E-state index contributed by atoms with van der Waals surface area (Å²) in [5.74, 6) is 0. The zero-order valence-electron chi connectivity index (χ0n) is 18.3. The highest BCUT2D eigenvalue weighted by atomic mass is 79.9. The van der Waals surface area contributed by atoms with Crippen LogP contribution in [0.2, 0.25) is 0 Å². The van der Waals surface area contributed by atoms with Crippen molar-refractivity contribution in [3.63, 3.8) is 0 Å². The molecule has 0 heterocycles. The van der Waals surface area contributed by atoms with Crippen molar-refractivity contribution in [3.05, 3.63) is 82.8 Å². The minimum absolute atomic E-state index is 0.171. The first-order chi connectivity index (χ1) is 13.5. The summed E-state index contributed by atoms with van der Waals surface area (Å²) >= 11 is 3.28. The SMILES string of the molecule is [2H]C([2H])([2H])C(O)(c1cc(Br)ccc1-c1ccccc1-c1ccccc1)C([2H])([2H])[2H]. The van der Waals surface area contributed by atoms with Crippen molar-refractivity contribution in [2.24, 2.45) is 0 Å². The van der Waals surface area contributed by atoms with E-state index in [1.807, 2.05) is 42.5 Å². The van der Waals surface area contributed by atoms with Gasteiger partial charge < -0.3 is 5.11 Å². The second kappa shape index (κ2) is 6.31. The molecule has 3 aromatic rings. The number of aliphatic hydroxyl groups is 1. The van der Waals surface area contributed by atoms with Crippen LogP contribution in [0.15, 0.2) is 77.3 Å². The van der Waals surface area contributed by atoms with Crippen LogP contribution in [0.4, 0.5) is 0 Å². The Bertz CT molecular complexity index is 998. The Hall–Kier alpha value is -1.90. The van der Waals surface area contributed by atoms with Gasteiger partial charge in [-0.1, -0.05) is 76.6 Å². The zero-order chi connectivity index (χ0) is 21.4. The van der Waals surface area contributed by atoms with Crippen LogP contribution in [0.3, 0.4) is 0 Å². The third-order valence-electron chi connectivity index (χ3n) is 3.67. The lowest BCUT2D eigenvalue weighted by molar-refractivity contribution is 0.0791. The molecule has 3 aromatic carbocycles. The fourth-order valence-corrected chi connectivity index (χ4v) is 3.00. The molecule has 23 heavy (non-hydrogen) atoms. The first-order valence-corrected chi connectivity index (χ1v) is 7.93. The van der Waals surface area contributed by atoms with Gasteiger partial charge in [-0.15, -0.1) is 0 Å². The van der Waals surface area contributed by atoms with E-state index < -0.39 is 19.3 Å². The smallest absolute Gasteiger partial charge is 0.0846 e. The molecule has 0 aliphatic carbocycles. The molecule has 0 saturated heterocycles. The van der Waals surface area contributed by atoms with Crippen LogP contribution in [0, 0.1) is 0 Å². The predicted molar refractivity (Wildman–Crippen MR) is 100 cm³/mol. The second-order valence-corrected chi connectivity index (χ2v) is 6.23. The third-order valence-corrected chi connectivity index (χ3v) is 4.17. The minimum atomic E-state index is -3.17. The molecule has 0 aromatic heterocycles. The summed E-state index contributed by atoms with van der Waals surface area (Å²) in [6, 6.07) is 21.5. The van der Waals surface area contributed by atoms with E-state index in [1.165, 1.54) is 6.07 Å². The van der Waals surface area contributed by atoms with Crippen LogP contribution in [0.25, 0.3) is 22.3 Å². The normalized spacial score (nSPS) is 16.4. The Kier molecular flexibility index (Phi) is 2.76. The predicted octanol–water partition coefficient (Wildman–Crippen LogP) is 6.01. The van der Waals surface area contributed by atoms with Crippen molar-refractivity contribution in [3.8, 4) is 22.3 Å². The van der Waals surface area contributed by atoms with Gasteiger partial charge in [-0.2, -0.15) is 0 Å². The van der Waals surface area contributed by atoms with E-state index in [2.05, 4.69) is 15.9 Å². The van der Waals surface area contributed by atoms with Crippen molar-refractivity contribution < 1.29 is 13.3 Å². The maximum Gasteiger partial charge on any atom is 0.0846 e. The summed E-state index contributed by atoms with van der Waals surface area (Å²) in [6.45, 7) is -6.34. The van der Waals surface area contributed by atoms with E-state index in [9.17, 15) is 5.11 Å². The van der Waals surface area contributed by atoms with Crippen LogP contribution < -0.4 is 0 Å². The van der Waals surface area contributed by atoms with Crippen molar-refractivity contribution >= 4 is 15.9 Å². The minimum Gasteiger partial charge on any atom is -0.386 e. The molecule has 0 fully saturated rings. The van der Waals surface area contributed by atoms with Crippen molar-refractivity contribution in [1.82, 2.24) is 0 Å². The van der Waals surface area contributed by atoms with Gasteiger partial charge in [0.05, 0.1) is 5.60 Å². The molecule has 0 unspecified atom stereocenters. The van der Waals surface area contributed by atoms with E-state index in [-0.39, 0.29) is 5.56 Å². The Morgan fingerprint density at radius 2 is 1.48 bits per heavy atom. The van der Waals surface area contributed by atoms with Gasteiger partial charge in [0.1, 0.15) is 0 Å². The van der Waals surface area contributed by atoms with Crippen LogP contribution in [0.1, 0.15) is 27.5 Å². The van der Waals surface area contributed by atoms with E-state index in [4.69, 9.17) is 8.22 Å². The lowest BCUT2D eigenvalue weighted by atomic mass is 9.86. The lowest BCUT2D eigenvalue weighted by Crippen LogP contribution is -2.17. The Balaban J connectivity index is 2.36. The van der Waals surface area contributed by atoms with Crippen molar-refractivity contribution in [2.75, 3.05) is 0 Å². The summed E-state index contributed by atoms with van der Waals surface area (Å²) in [5.41, 5.74) is -0.535. The largest absolute Gasteiger partial charge is 0.386 e. The lowest BCUT2D eigenvalue weighted by Gasteiger charge is -2.23. The summed E-state index contributed by atoms with van der Waals surface area (Å²) in [5, 5.41) is 11.1. The number of hydrogen-bond acceptors (Lipinski definition) is 1. The zero-order valence-corrected chi connectivity index (χ0v) is 13.8. The quantitative estimate of drug-likeness (QED) is 0.596. The Labute approximate surface area is 154 Å². The third kappa shape index (κ3) is 3.39. The molecule has 0 spiro atoms. The molecule has 1 N–H and O–H groups in total. The van der Waals surface area contributed by atoms with Crippen LogP contribution in [0.5, 0.6) is 0 Å². The first-order valence-electron chi connectivity index (χ1n) is 10.1. The molecule has 0 bridgehead atoms. The number of hydrogen-bond donors (Lipinski definition) is 1. The van der Waals surface area contributed by atoms with E-state index >= 15 is 0 Å². The highest BCUT2D eigenvalue weighted by Gasteiger charge is 2.22. The molecule has 0 saturated carbocycles. The van der Waals surface area contributed by atoms with Gasteiger partial charge in [0, 0.05) is 12.7 Å². The Morgan fingerprint density at radius 1 is 0.826 bits per heavy atom. The molecule has 0 atom stereocenters. The number of benzene rings is 3. The standard InChI is InChI=1S/C21H19BrO/c1-21(2,23)20-14-16(22)12-13-19(20)18-11-7-6-10-17(18)15-8-4-3-5-9-15/h3-14,23H,1-2H3/i1D3,2D3. The van der Waals surface area contributed by atoms with Gasteiger partial charge in [-0.3, -0.25) is 0 Å². The molecule has 0 aliphatic rings. The maximum atomic E-state index is 11.1. The van der Waals surface area contributed by atoms with Crippen LogP contribution >= 0.6 is 15.9 Å². The highest BCUT2D eigenvalue weighted by Crippen LogP contribution is 2.38. The Morgan fingerprint density at radius 3 is 2.17 bits per heavy atom. The molecule has 3 rings (SSSR count). The average molecular weight is 373 g/mol. The summed E-state index contributed by atoms with van der Waals surface area (Å²) in [4.78, 5) is 0. The fourth-order valence-electron chi connectivity index (χ4n) is 2.64. The van der Waals surface area contributed by atoms with Crippen LogP contribution in [-0.2, 0) is 5.60 Å². The molecule has 0 aliphatic heterocycles. The maximum absolute atomic E-state index is 11.1. The molecule has 2 heteroatoms. The van der Waals surface area contributed by atoms with Gasteiger partial charge >= 0.3 is 0 Å². The molecule has 1 nitrogen and oxygen atoms in total. The van der Waals surface area contributed by atoms with Gasteiger partial charge in [0.15, 0.2) is 0 Å². The first kappa shape index (κ1) is 10.1. The topological polar surface area (TPSA) is 20.2 Å². The molecule has 116 valence electrons. The van der Waals surface area contributed by atoms with Gasteiger partial charge in [0.25, 0.3) is 0 Å². The average Bonchev–Trinajstić information content (AvgIpc) is 2.66. The van der Waals surface area contributed by atoms with Crippen LogP contribution in [-0.4, -0.2) is 5.11 Å². The summed E-state index contributed by atoms with van der Waals surface area (Å²) < 4.78 is 47.5. The van der Waals surface area contributed by atoms with Crippen molar-refractivity contribution in [2.45, 2.75) is 19.3 Å². The monoisotopic (exact) mass is 372 g/mol. The number of rotatable bonds is 3. The second-order valence-electron chi connectivity index (χ2n) is 5.31. The fraction of sp³-hybridized carbons (Fsp3) is 0.143. The van der Waals surface area contributed by atoms with E-state index in [0.29, 0.717) is 15.6 Å². The van der Waals surface area contributed by atoms with E-state index in [0.717, 1.165) is 11.1 Å². The highest BCUT2D eigenvalue weighted by molar-refractivity contribution is 9.10. The van der Waals surface area contributed by atoms with E-state index in [1.54, 1.807) is 24.3 Å². The molecular weight excluding hydrogens is 348 g/mol. The van der Waals surface area contributed by atoms with Crippen molar-refractivity contribution in [1.29, 1.82) is 0 Å². The van der Waals surface area contributed by atoms with Gasteiger partial charge in [0.2, 0.25) is 0 Å². The van der Waals surface area contributed by atoms with Gasteiger partial charge in [-0.05, 0) is 53.7 Å².